The highest BCUT2D eigenvalue weighted by atomic mass is 79.9. The highest BCUT2D eigenvalue weighted by Crippen LogP contribution is 2.34. The van der Waals surface area contributed by atoms with Crippen molar-refractivity contribution in [3.8, 4) is 11.5 Å². The monoisotopic (exact) mass is 383 g/mol. The molecule has 0 aliphatic heterocycles. The van der Waals surface area contributed by atoms with Gasteiger partial charge in [-0.1, -0.05) is 28.1 Å². The largest absolute Gasteiger partial charge is 0.456 e. The summed E-state index contributed by atoms with van der Waals surface area (Å²) in [6, 6.07) is 11.9. The summed E-state index contributed by atoms with van der Waals surface area (Å²) in [6.45, 7) is 3.98. The summed E-state index contributed by atoms with van der Waals surface area (Å²) in [5, 5.41) is 0. The van der Waals surface area contributed by atoms with Crippen molar-refractivity contribution in [2.24, 2.45) is 5.73 Å². The van der Waals surface area contributed by atoms with E-state index < -0.39 is 0 Å². The van der Waals surface area contributed by atoms with Crippen LogP contribution in [0, 0.1) is 6.92 Å². The van der Waals surface area contributed by atoms with Gasteiger partial charge in [0.2, 0.25) is 0 Å². The Hall–Kier alpha value is -0.840. The first-order valence-corrected chi connectivity index (χ1v) is 7.55. The van der Waals surface area contributed by atoms with Gasteiger partial charge in [-0.15, -0.1) is 0 Å². The van der Waals surface area contributed by atoms with E-state index >= 15 is 0 Å². The normalized spacial score (nSPS) is 12.3. The van der Waals surface area contributed by atoms with Crippen LogP contribution in [0.5, 0.6) is 11.5 Å². The van der Waals surface area contributed by atoms with E-state index in [2.05, 4.69) is 31.9 Å². The predicted molar refractivity (Wildman–Crippen MR) is 85.7 cm³/mol. The molecule has 0 bridgehead atoms. The van der Waals surface area contributed by atoms with Gasteiger partial charge in [-0.3, -0.25) is 0 Å². The lowest BCUT2D eigenvalue weighted by atomic mass is 10.1. The van der Waals surface area contributed by atoms with E-state index in [1.807, 2.05) is 50.2 Å². The average Bonchev–Trinajstić information content (AvgIpc) is 2.36. The van der Waals surface area contributed by atoms with Gasteiger partial charge in [0.15, 0.2) is 0 Å². The van der Waals surface area contributed by atoms with Crippen molar-refractivity contribution in [2.75, 3.05) is 0 Å². The van der Waals surface area contributed by atoms with E-state index in [-0.39, 0.29) is 6.04 Å². The Balaban J connectivity index is 2.31. The first kappa shape index (κ1) is 14.6. The Kier molecular flexibility index (Phi) is 4.66. The maximum absolute atomic E-state index is 5.94. The summed E-state index contributed by atoms with van der Waals surface area (Å²) in [4.78, 5) is 0. The molecule has 0 aliphatic rings. The molecule has 1 atom stereocenters. The number of halogens is 2. The molecular formula is C15H15Br2NO. The molecule has 2 rings (SSSR count). The summed E-state index contributed by atoms with van der Waals surface area (Å²) in [7, 11) is 0. The minimum Gasteiger partial charge on any atom is -0.456 e. The van der Waals surface area contributed by atoms with Gasteiger partial charge in [0, 0.05) is 10.5 Å². The predicted octanol–water partition coefficient (Wildman–Crippen LogP) is 5.33. The lowest BCUT2D eigenvalue weighted by Gasteiger charge is -2.13. The second-order valence-corrected chi connectivity index (χ2v) is 6.26. The van der Waals surface area contributed by atoms with Crippen molar-refractivity contribution in [3.05, 3.63) is 56.5 Å². The molecule has 2 N–H and O–H groups in total. The zero-order valence-corrected chi connectivity index (χ0v) is 14.0. The minimum atomic E-state index is 0.0120. The van der Waals surface area contributed by atoms with Crippen molar-refractivity contribution >= 4 is 31.9 Å². The number of rotatable bonds is 3. The van der Waals surface area contributed by atoms with Gasteiger partial charge in [0.1, 0.15) is 11.5 Å². The molecule has 0 radical (unpaired) electrons. The zero-order valence-electron chi connectivity index (χ0n) is 10.8. The fourth-order valence-corrected chi connectivity index (χ4v) is 2.50. The number of ether oxygens (including phenoxy) is 1. The van der Waals surface area contributed by atoms with Gasteiger partial charge in [0.05, 0.1) is 4.47 Å². The van der Waals surface area contributed by atoms with Crippen LogP contribution in [0.25, 0.3) is 0 Å². The molecule has 2 aromatic rings. The maximum Gasteiger partial charge on any atom is 0.141 e. The third-order valence-electron chi connectivity index (χ3n) is 2.85. The van der Waals surface area contributed by atoms with Crippen molar-refractivity contribution in [1.29, 1.82) is 0 Å². The standard InChI is InChI=1S/C15H15Br2NO/c1-9-3-5-12(16)8-15(9)19-14-6-4-11(10(2)18)7-13(14)17/h3-8,10H,18H2,1-2H3. The first-order valence-electron chi connectivity index (χ1n) is 5.96. The SMILES string of the molecule is Cc1ccc(Br)cc1Oc1ccc(C(C)N)cc1Br. The van der Waals surface area contributed by atoms with Crippen LogP contribution < -0.4 is 10.5 Å². The molecule has 0 saturated heterocycles. The molecule has 4 heteroatoms. The Labute approximate surface area is 130 Å². The molecule has 0 amide bonds. The molecule has 0 spiro atoms. The summed E-state index contributed by atoms with van der Waals surface area (Å²) in [5.74, 6) is 1.62. The van der Waals surface area contributed by atoms with Gasteiger partial charge in [-0.25, -0.2) is 0 Å². The van der Waals surface area contributed by atoms with Crippen LogP contribution in [-0.2, 0) is 0 Å². The van der Waals surface area contributed by atoms with Gasteiger partial charge in [0.25, 0.3) is 0 Å². The Bertz CT molecular complexity index is 597. The third-order valence-corrected chi connectivity index (χ3v) is 3.96. The Morgan fingerprint density at radius 2 is 1.79 bits per heavy atom. The van der Waals surface area contributed by atoms with E-state index in [0.717, 1.165) is 31.6 Å². The number of hydrogen-bond donors (Lipinski definition) is 1. The average molecular weight is 385 g/mol. The second kappa shape index (κ2) is 6.07. The van der Waals surface area contributed by atoms with Crippen molar-refractivity contribution in [2.45, 2.75) is 19.9 Å². The van der Waals surface area contributed by atoms with Crippen LogP contribution in [0.3, 0.4) is 0 Å². The second-order valence-electron chi connectivity index (χ2n) is 4.49. The summed E-state index contributed by atoms with van der Waals surface area (Å²) >= 11 is 6.97. The van der Waals surface area contributed by atoms with Crippen molar-refractivity contribution < 1.29 is 4.74 Å². The topological polar surface area (TPSA) is 35.2 Å². The zero-order chi connectivity index (χ0) is 14.0. The van der Waals surface area contributed by atoms with Gasteiger partial charge >= 0.3 is 0 Å². The molecule has 0 heterocycles. The number of nitrogens with two attached hydrogens (primary N) is 1. The van der Waals surface area contributed by atoms with E-state index in [0.29, 0.717) is 0 Å². The molecule has 100 valence electrons. The molecule has 0 aliphatic carbocycles. The molecule has 0 aromatic heterocycles. The van der Waals surface area contributed by atoms with Gasteiger partial charge in [-0.05, 0) is 65.2 Å². The minimum absolute atomic E-state index is 0.0120. The first-order chi connectivity index (χ1) is 8.97. The summed E-state index contributed by atoms with van der Waals surface area (Å²) in [6.07, 6.45) is 0. The van der Waals surface area contributed by atoms with E-state index in [1.54, 1.807) is 0 Å². The summed E-state index contributed by atoms with van der Waals surface area (Å²) < 4.78 is 7.84. The maximum atomic E-state index is 5.94. The molecule has 19 heavy (non-hydrogen) atoms. The smallest absolute Gasteiger partial charge is 0.141 e. The molecule has 2 aromatic carbocycles. The van der Waals surface area contributed by atoms with Crippen molar-refractivity contribution in [3.63, 3.8) is 0 Å². The van der Waals surface area contributed by atoms with Crippen LogP contribution in [0.2, 0.25) is 0 Å². The number of aryl methyl sites for hydroxylation is 1. The lowest BCUT2D eigenvalue weighted by Crippen LogP contribution is -2.04. The van der Waals surface area contributed by atoms with Crippen LogP contribution in [0.15, 0.2) is 45.3 Å². The van der Waals surface area contributed by atoms with E-state index in [4.69, 9.17) is 10.5 Å². The van der Waals surface area contributed by atoms with Crippen LogP contribution in [0.1, 0.15) is 24.1 Å². The fraction of sp³-hybridized carbons (Fsp3) is 0.200. The van der Waals surface area contributed by atoms with Crippen LogP contribution >= 0.6 is 31.9 Å². The van der Waals surface area contributed by atoms with Gasteiger partial charge < -0.3 is 10.5 Å². The molecule has 2 nitrogen and oxygen atoms in total. The quantitative estimate of drug-likeness (QED) is 0.775. The molecule has 0 fully saturated rings. The van der Waals surface area contributed by atoms with E-state index in [1.165, 1.54) is 0 Å². The highest BCUT2D eigenvalue weighted by Gasteiger charge is 2.08. The lowest BCUT2D eigenvalue weighted by molar-refractivity contribution is 0.475. The van der Waals surface area contributed by atoms with Gasteiger partial charge in [-0.2, -0.15) is 0 Å². The third kappa shape index (κ3) is 3.59. The molecular weight excluding hydrogens is 370 g/mol. The van der Waals surface area contributed by atoms with Crippen LogP contribution in [0.4, 0.5) is 0 Å². The molecule has 1 unspecified atom stereocenters. The van der Waals surface area contributed by atoms with Crippen LogP contribution in [-0.4, -0.2) is 0 Å². The number of hydrogen-bond acceptors (Lipinski definition) is 2. The number of benzene rings is 2. The Morgan fingerprint density at radius 1 is 1.05 bits per heavy atom. The molecule has 0 saturated carbocycles. The van der Waals surface area contributed by atoms with E-state index in [9.17, 15) is 0 Å². The fourth-order valence-electron chi connectivity index (χ4n) is 1.69. The summed E-state index contributed by atoms with van der Waals surface area (Å²) in [5.41, 5.74) is 8.02. The Morgan fingerprint density at radius 3 is 2.42 bits per heavy atom. The highest BCUT2D eigenvalue weighted by molar-refractivity contribution is 9.10. The van der Waals surface area contributed by atoms with Crippen molar-refractivity contribution in [1.82, 2.24) is 0 Å².